The molecule has 0 amide bonds. The first-order chi connectivity index (χ1) is 11.3. The highest BCUT2D eigenvalue weighted by Gasteiger charge is 2.52. The Balaban J connectivity index is 2.16. The summed E-state index contributed by atoms with van der Waals surface area (Å²) in [5.74, 6) is 0.667. The summed E-state index contributed by atoms with van der Waals surface area (Å²) in [5, 5.41) is 0. The third-order valence-electron chi connectivity index (χ3n) is 4.58. The molecule has 1 aliphatic rings. The molecule has 2 aromatic heterocycles. The van der Waals surface area contributed by atoms with Crippen molar-refractivity contribution in [1.82, 2.24) is 19.5 Å². The summed E-state index contributed by atoms with van der Waals surface area (Å²) in [6, 6.07) is 0. The first-order valence-electron chi connectivity index (χ1n) is 7.72. The van der Waals surface area contributed by atoms with E-state index >= 15 is 0 Å². The van der Waals surface area contributed by atoms with Gasteiger partial charge in [0.05, 0.1) is 12.7 Å². The molecule has 3 atom stereocenters. The predicted molar refractivity (Wildman–Crippen MR) is 87.7 cm³/mol. The van der Waals surface area contributed by atoms with Crippen LogP contribution in [0, 0.1) is 12.3 Å². The number of aromatic nitrogens is 4. The van der Waals surface area contributed by atoms with Gasteiger partial charge in [0, 0.05) is 19.6 Å². The minimum Gasteiger partial charge on any atom is -0.382 e. The number of nitrogens with one attached hydrogen (secondary N) is 1. The van der Waals surface area contributed by atoms with Gasteiger partial charge in [-0.2, -0.15) is 4.98 Å². The topological polar surface area (TPSA) is 117 Å². The maximum Gasteiger partial charge on any atom is 0.280 e. The molecule has 0 bridgehead atoms. The Bertz CT molecular complexity index is 812. The number of ether oxygens (including phenoxy) is 3. The highest BCUT2D eigenvalue weighted by Crippen LogP contribution is 2.47. The van der Waals surface area contributed by atoms with Crippen molar-refractivity contribution < 1.29 is 14.2 Å². The van der Waals surface area contributed by atoms with E-state index in [0.29, 0.717) is 18.1 Å². The van der Waals surface area contributed by atoms with E-state index in [0.717, 1.165) is 0 Å². The molecule has 0 spiro atoms. The molecule has 2 aromatic rings. The highest BCUT2D eigenvalue weighted by atomic mass is 16.6. The molecular formula is C15H23N5O4. The molecule has 3 rings (SSSR count). The zero-order valence-corrected chi connectivity index (χ0v) is 14.5. The number of nitrogen functional groups attached to an aromatic ring is 1. The summed E-state index contributed by atoms with van der Waals surface area (Å²) in [5.41, 5.74) is 5.59. The summed E-state index contributed by atoms with van der Waals surface area (Å²) in [7, 11) is 3.27. The average Bonchev–Trinajstić information content (AvgIpc) is 2.93. The number of nitrogens with zero attached hydrogens (tertiary/aromatic N) is 3. The second kappa shape index (κ2) is 5.83. The van der Waals surface area contributed by atoms with Crippen molar-refractivity contribution in [1.29, 1.82) is 0 Å². The molecule has 0 aromatic carbocycles. The van der Waals surface area contributed by atoms with Crippen LogP contribution >= 0.6 is 0 Å². The van der Waals surface area contributed by atoms with Gasteiger partial charge in [0.15, 0.2) is 11.2 Å². The van der Waals surface area contributed by atoms with E-state index in [-0.39, 0.29) is 29.2 Å². The number of hydrogen-bond donors (Lipinski definition) is 2. The van der Waals surface area contributed by atoms with Crippen LogP contribution in [-0.2, 0) is 14.2 Å². The van der Waals surface area contributed by atoms with Crippen LogP contribution in [0.2, 0.25) is 0 Å². The van der Waals surface area contributed by atoms with Crippen LogP contribution < -0.4 is 11.3 Å². The summed E-state index contributed by atoms with van der Waals surface area (Å²) in [4.78, 5) is 23.2. The lowest BCUT2D eigenvalue weighted by Crippen LogP contribution is -2.38. The van der Waals surface area contributed by atoms with Gasteiger partial charge in [0.2, 0.25) is 5.95 Å². The van der Waals surface area contributed by atoms with Crippen LogP contribution in [0.4, 0.5) is 5.95 Å². The van der Waals surface area contributed by atoms with E-state index in [2.05, 4.69) is 15.0 Å². The number of nitrogens with two attached hydrogens (primary N) is 1. The summed E-state index contributed by atoms with van der Waals surface area (Å²) < 4.78 is 18.9. The van der Waals surface area contributed by atoms with E-state index in [4.69, 9.17) is 19.9 Å². The number of H-pyrrole nitrogens is 1. The molecule has 0 aliphatic carbocycles. The zero-order chi connectivity index (χ0) is 17.6. The standard InChI is InChI=1S/C15H23N5O4/c1-7-17-9-11(18-14(16)19-12(9)21)20(7)13-15(2,3)10(23-5)8(24-13)6-22-4/h8,10,13H,6H2,1-5H3,(H3,16,18,19,21)/t8-,10?,13-/m1/s1. The largest absolute Gasteiger partial charge is 0.382 e. The monoisotopic (exact) mass is 337 g/mol. The van der Waals surface area contributed by atoms with Gasteiger partial charge in [-0.3, -0.25) is 14.3 Å². The van der Waals surface area contributed by atoms with Gasteiger partial charge >= 0.3 is 0 Å². The fourth-order valence-corrected chi connectivity index (χ4v) is 3.56. The maximum absolute atomic E-state index is 12.1. The molecule has 0 radical (unpaired) electrons. The predicted octanol–water partition coefficient (Wildman–Crippen LogP) is 0.595. The minimum absolute atomic E-state index is 0.0428. The van der Waals surface area contributed by atoms with Gasteiger partial charge in [-0.1, -0.05) is 13.8 Å². The Morgan fingerprint density at radius 2 is 2.08 bits per heavy atom. The lowest BCUT2D eigenvalue weighted by molar-refractivity contribution is -0.0614. The van der Waals surface area contributed by atoms with Gasteiger partial charge in [-0.15, -0.1) is 0 Å². The van der Waals surface area contributed by atoms with Gasteiger partial charge in [0.25, 0.3) is 5.56 Å². The van der Waals surface area contributed by atoms with Crippen molar-refractivity contribution in [2.24, 2.45) is 5.41 Å². The minimum atomic E-state index is -0.415. The number of anilines is 1. The molecular weight excluding hydrogens is 314 g/mol. The van der Waals surface area contributed by atoms with E-state index in [1.54, 1.807) is 14.2 Å². The fraction of sp³-hybridized carbons (Fsp3) is 0.667. The maximum atomic E-state index is 12.1. The molecule has 0 saturated carbocycles. The molecule has 3 heterocycles. The van der Waals surface area contributed by atoms with Crippen LogP contribution in [0.15, 0.2) is 4.79 Å². The second-order valence-corrected chi connectivity index (χ2v) is 6.61. The Kier molecular flexibility index (Phi) is 4.10. The summed E-state index contributed by atoms with van der Waals surface area (Å²) in [6.07, 6.45) is -0.837. The molecule has 3 N–H and O–H groups in total. The van der Waals surface area contributed by atoms with Crippen LogP contribution in [0.1, 0.15) is 25.9 Å². The van der Waals surface area contributed by atoms with Crippen molar-refractivity contribution in [3.63, 3.8) is 0 Å². The zero-order valence-electron chi connectivity index (χ0n) is 14.5. The van der Waals surface area contributed by atoms with Gasteiger partial charge in [-0.25, -0.2) is 4.98 Å². The molecule has 132 valence electrons. The molecule has 1 aliphatic heterocycles. The molecule has 1 unspecified atom stereocenters. The number of imidazole rings is 1. The first-order valence-corrected chi connectivity index (χ1v) is 7.72. The van der Waals surface area contributed by atoms with E-state index in [9.17, 15) is 4.79 Å². The van der Waals surface area contributed by atoms with E-state index in [1.807, 2.05) is 25.3 Å². The molecule has 9 heteroatoms. The Morgan fingerprint density at radius 1 is 1.38 bits per heavy atom. The molecule has 1 fully saturated rings. The number of aryl methyl sites for hydroxylation is 1. The lowest BCUT2D eigenvalue weighted by atomic mass is 9.84. The molecule has 24 heavy (non-hydrogen) atoms. The second-order valence-electron chi connectivity index (χ2n) is 6.61. The Morgan fingerprint density at radius 3 is 2.71 bits per heavy atom. The van der Waals surface area contributed by atoms with Crippen molar-refractivity contribution in [2.45, 2.75) is 39.2 Å². The van der Waals surface area contributed by atoms with Crippen molar-refractivity contribution in [3.8, 4) is 0 Å². The van der Waals surface area contributed by atoms with Gasteiger partial charge in [-0.05, 0) is 6.92 Å². The van der Waals surface area contributed by atoms with Crippen molar-refractivity contribution in [2.75, 3.05) is 26.6 Å². The number of aromatic amines is 1. The van der Waals surface area contributed by atoms with Crippen LogP contribution in [-0.4, -0.2) is 52.6 Å². The van der Waals surface area contributed by atoms with Crippen LogP contribution in [0.3, 0.4) is 0 Å². The number of fused-ring (bicyclic) bond motifs is 1. The Hall–Kier alpha value is -1.97. The normalized spacial score (nSPS) is 26.3. The first kappa shape index (κ1) is 16.9. The van der Waals surface area contributed by atoms with E-state index < -0.39 is 11.6 Å². The third-order valence-corrected chi connectivity index (χ3v) is 4.58. The number of rotatable bonds is 4. The molecule has 9 nitrogen and oxygen atoms in total. The number of hydrogen-bond acceptors (Lipinski definition) is 7. The van der Waals surface area contributed by atoms with E-state index in [1.165, 1.54) is 0 Å². The summed E-state index contributed by atoms with van der Waals surface area (Å²) in [6.45, 7) is 6.30. The lowest BCUT2D eigenvalue weighted by Gasteiger charge is -2.31. The van der Waals surface area contributed by atoms with Crippen molar-refractivity contribution >= 4 is 17.1 Å². The third kappa shape index (κ3) is 2.40. The Labute approximate surface area is 139 Å². The quantitative estimate of drug-likeness (QED) is 0.838. The molecule has 1 saturated heterocycles. The number of methoxy groups -OCH3 is 2. The highest BCUT2D eigenvalue weighted by molar-refractivity contribution is 5.71. The smallest absolute Gasteiger partial charge is 0.280 e. The fourth-order valence-electron chi connectivity index (χ4n) is 3.56. The SMILES string of the molecule is COC[C@H]1O[C@@H](n2c(C)nc3c(=O)[nH]c(N)nc32)C(C)(C)C1OC. The van der Waals surface area contributed by atoms with Crippen LogP contribution in [0.5, 0.6) is 0 Å². The van der Waals surface area contributed by atoms with Gasteiger partial charge < -0.3 is 19.9 Å². The van der Waals surface area contributed by atoms with Crippen molar-refractivity contribution in [3.05, 3.63) is 16.2 Å². The average molecular weight is 337 g/mol. The summed E-state index contributed by atoms with van der Waals surface area (Å²) >= 11 is 0. The van der Waals surface area contributed by atoms with Gasteiger partial charge in [0.1, 0.15) is 18.2 Å². The van der Waals surface area contributed by atoms with Crippen LogP contribution in [0.25, 0.3) is 11.2 Å².